The summed E-state index contributed by atoms with van der Waals surface area (Å²) in [7, 11) is 0. The zero-order chi connectivity index (χ0) is 20.1. The molecule has 0 aliphatic carbocycles. The van der Waals surface area contributed by atoms with Gasteiger partial charge in [0.2, 0.25) is 0 Å². The number of ether oxygens (including phenoxy) is 2. The van der Waals surface area contributed by atoms with Crippen molar-refractivity contribution in [3.8, 4) is 11.5 Å². The average molecular weight is 422 g/mol. The van der Waals surface area contributed by atoms with Crippen molar-refractivity contribution in [3.05, 3.63) is 52.0 Å². The van der Waals surface area contributed by atoms with Crippen molar-refractivity contribution in [2.75, 3.05) is 24.7 Å². The van der Waals surface area contributed by atoms with Gasteiger partial charge in [0.1, 0.15) is 5.75 Å². The first-order valence-corrected chi connectivity index (χ1v) is 9.87. The zero-order valence-electron chi connectivity index (χ0n) is 15.5. The Hall–Kier alpha value is -2.24. The largest absolute Gasteiger partial charge is 0.494 e. The Morgan fingerprint density at radius 1 is 1.11 bits per heavy atom. The Balaban J connectivity index is 1.54. The molecule has 148 valence electrons. The molecule has 0 saturated heterocycles. The molecule has 0 fully saturated rings. The van der Waals surface area contributed by atoms with E-state index in [1.165, 1.54) is 6.92 Å². The molecule has 1 amide bonds. The van der Waals surface area contributed by atoms with Crippen LogP contribution in [0.2, 0.25) is 10.0 Å². The van der Waals surface area contributed by atoms with Crippen LogP contribution in [0.5, 0.6) is 11.5 Å². The van der Waals surface area contributed by atoms with Crippen LogP contribution < -0.4 is 14.4 Å². The summed E-state index contributed by atoms with van der Waals surface area (Å²) in [6.45, 7) is 2.51. The van der Waals surface area contributed by atoms with E-state index in [9.17, 15) is 9.59 Å². The van der Waals surface area contributed by atoms with Gasteiger partial charge in [0, 0.05) is 16.6 Å². The molecule has 5 nitrogen and oxygen atoms in total. The normalized spacial score (nSPS) is 13.1. The Morgan fingerprint density at radius 2 is 1.86 bits per heavy atom. The summed E-state index contributed by atoms with van der Waals surface area (Å²) in [5.74, 6) is 0.935. The molecule has 2 aromatic carbocycles. The van der Waals surface area contributed by atoms with E-state index in [0.29, 0.717) is 40.2 Å². The molecule has 0 N–H and O–H groups in total. The number of carbonyl (C=O) groups is 2. The third kappa shape index (κ3) is 4.97. The highest BCUT2D eigenvalue weighted by Gasteiger charge is 2.28. The number of halogens is 2. The molecule has 7 heteroatoms. The number of hydrogen-bond acceptors (Lipinski definition) is 4. The fourth-order valence-electron chi connectivity index (χ4n) is 3.05. The van der Waals surface area contributed by atoms with Crippen molar-refractivity contribution in [1.82, 2.24) is 0 Å². The number of rotatable bonds is 8. The minimum atomic E-state index is -0.146. The lowest BCUT2D eigenvalue weighted by Crippen LogP contribution is -2.39. The summed E-state index contributed by atoms with van der Waals surface area (Å²) in [6.07, 6.45) is 2.56. The van der Waals surface area contributed by atoms with Gasteiger partial charge in [-0.05, 0) is 62.6 Å². The van der Waals surface area contributed by atoms with Crippen molar-refractivity contribution in [1.29, 1.82) is 0 Å². The molecule has 0 aromatic heterocycles. The van der Waals surface area contributed by atoms with E-state index in [-0.39, 0.29) is 18.3 Å². The van der Waals surface area contributed by atoms with Crippen LogP contribution in [-0.4, -0.2) is 31.4 Å². The van der Waals surface area contributed by atoms with Crippen LogP contribution in [0.25, 0.3) is 0 Å². The van der Waals surface area contributed by atoms with Gasteiger partial charge in [-0.2, -0.15) is 0 Å². The van der Waals surface area contributed by atoms with Gasteiger partial charge in [-0.1, -0.05) is 23.2 Å². The van der Waals surface area contributed by atoms with Crippen molar-refractivity contribution in [3.63, 3.8) is 0 Å². The van der Waals surface area contributed by atoms with Crippen LogP contribution in [0.15, 0.2) is 36.4 Å². The summed E-state index contributed by atoms with van der Waals surface area (Å²) in [4.78, 5) is 25.8. The van der Waals surface area contributed by atoms with Crippen molar-refractivity contribution < 1.29 is 19.1 Å². The lowest BCUT2D eigenvalue weighted by Gasteiger charge is -2.30. The molecule has 0 saturated carbocycles. The number of anilines is 1. The second-order valence-corrected chi connectivity index (χ2v) is 7.43. The van der Waals surface area contributed by atoms with Gasteiger partial charge < -0.3 is 14.4 Å². The van der Waals surface area contributed by atoms with Gasteiger partial charge >= 0.3 is 0 Å². The average Bonchev–Trinajstić information content (AvgIpc) is 2.66. The highest BCUT2D eigenvalue weighted by molar-refractivity contribution is 6.31. The summed E-state index contributed by atoms with van der Waals surface area (Å²) in [5.41, 5.74) is 0.961. The molecular weight excluding hydrogens is 401 g/mol. The number of ketones is 1. The van der Waals surface area contributed by atoms with Gasteiger partial charge in [0.25, 0.3) is 5.91 Å². The monoisotopic (exact) mass is 421 g/mol. The number of Topliss-reactive ketones (excluding diaryl/α,β-unsaturated/α-hetero) is 1. The van der Waals surface area contributed by atoms with Crippen molar-refractivity contribution >= 4 is 40.6 Å². The fourth-order valence-corrected chi connectivity index (χ4v) is 3.39. The van der Waals surface area contributed by atoms with Crippen LogP contribution in [0.1, 0.15) is 36.5 Å². The van der Waals surface area contributed by atoms with E-state index in [0.717, 1.165) is 25.0 Å². The Kier molecular flexibility index (Phi) is 6.81. The molecule has 0 unspecified atom stereocenters. The summed E-state index contributed by atoms with van der Waals surface area (Å²) in [6, 6.07) is 10.5. The number of fused-ring (bicyclic) bond motifs is 1. The van der Waals surface area contributed by atoms with Crippen LogP contribution in [0.4, 0.5) is 5.69 Å². The third-order valence-electron chi connectivity index (χ3n) is 4.45. The molecular formula is C21H21Cl2NO4. The maximum absolute atomic E-state index is 12.3. The molecule has 0 spiro atoms. The minimum Gasteiger partial charge on any atom is -0.494 e. The molecule has 0 atom stereocenters. The molecule has 28 heavy (non-hydrogen) atoms. The second-order valence-electron chi connectivity index (χ2n) is 6.55. The molecule has 3 rings (SSSR count). The smallest absolute Gasteiger partial charge is 0.265 e. The van der Waals surface area contributed by atoms with E-state index >= 15 is 0 Å². The van der Waals surface area contributed by atoms with E-state index in [2.05, 4.69) is 0 Å². The van der Waals surface area contributed by atoms with E-state index in [1.807, 2.05) is 12.1 Å². The lowest BCUT2D eigenvalue weighted by molar-refractivity contribution is -0.121. The number of nitrogens with zero attached hydrogens (tertiary/aromatic N) is 1. The van der Waals surface area contributed by atoms with E-state index in [4.69, 9.17) is 32.7 Å². The minimum absolute atomic E-state index is 0.0748. The predicted molar refractivity (Wildman–Crippen MR) is 110 cm³/mol. The number of hydrogen-bond donors (Lipinski definition) is 0. The molecule has 0 radical (unpaired) electrons. The number of benzene rings is 2. The standard InChI is InChI=1S/C21H21Cl2NO4/c1-14(25)18-11-16(23)12-19-21(18)28-13-20(26)24(19)9-3-2-4-10-27-17-7-5-15(22)6-8-17/h5-8,11-12H,2-4,9-10,13H2,1H3. The highest BCUT2D eigenvalue weighted by Crippen LogP contribution is 2.38. The first-order chi connectivity index (χ1) is 13.5. The third-order valence-corrected chi connectivity index (χ3v) is 4.92. The van der Waals surface area contributed by atoms with Crippen LogP contribution >= 0.6 is 23.2 Å². The Labute approximate surface area is 174 Å². The molecule has 1 aliphatic heterocycles. The maximum Gasteiger partial charge on any atom is 0.265 e. The SMILES string of the molecule is CC(=O)c1cc(Cl)cc2c1OCC(=O)N2CCCCCOc1ccc(Cl)cc1. The molecule has 1 heterocycles. The highest BCUT2D eigenvalue weighted by atomic mass is 35.5. The maximum atomic E-state index is 12.3. The summed E-state index contributed by atoms with van der Waals surface area (Å²) in [5, 5.41) is 1.08. The number of amides is 1. The van der Waals surface area contributed by atoms with Crippen LogP contribution in [0, 0.1) is 0 Å². The summed E-state index contributed by atoms with van der Waals surface area (Å²) < 4.78 is 11.2. The first-order valence-electron chi connectivity index (χ1n) is 9.11. The van der Waals surface area contributed by atoms with Crippen LogP contribution in [0.3, 0.4) is 0 Å². The molecule has 0 bridgehead atoms. The predicted octanol–water partition coefficient (Wildman–Crippen LogP) is 5.17. The zero-order valence-corrected chi connectivity index (χ0v) is 17.1. The first kappa shape index (κ1) is 20.5. The van der Waals surface area contributed by atoms with Crippen molar-refractivity contribution in [2.24, 2.45) is 0 Å². The fraction of sp³-hybridized carbons (Fsp3) is 0.333. The quantitative estimate of drug-likeness (QED) is 0.435. The van der Waals surface area contributed by atoms with Crippen molar-refractivity contribution in [2.45, 2.75) is 26.2 Å². The van der Waals surface area contributed by atoms with Crippen LogP contribution in [-0.2, 0) is 4.79 Å². The van der Waals surface area contributed by atoms with Gasteiger partial charge in [-0.25, -0.2) is 0 Å². The van der Waals surface area contributed by atoms with Gasteiger partial charge in [-0.3, -0.25) is 9.59 Å². The molecule has 2 aromatic rings. The number of unbranched alkanes of at least 4 members (excludes halogenated alkanes) is 2. The van der Waals surface area contributed by atoms with E-state index in [1.54, 1.807) is 29.2 Å². The topological polar surface area (TPSA) is 55.8 Å². The summed E-state index contributed by atoms with van der Waals surface area (Å²) >= 11 is 12.0. The molecule has 1 aliphatic rings. The van der Waals surface area contributed by atoms with E-state index < -0.39 is 0 Å². The Morgan fingerprint density at radius 3 is 2.57 bits per heavy atom. The van der Waals surface area contributed by atoms with Gasteiger partial charge in [0.15, 0.2) is 18.1 Å². The van der Waals surface area contributed by atoms with Gasteiger partial charge in [-0.15, -0.1) is 0 Å². The number of carbonyl (C=O) groups excluding carboxylic acids is 2. The second kappa shape index (κ2) is 9.30. The van der Waals surface area contributed by atoms with Gasteiger partial charge in [0.05, 0.1) is 17.9 Å². The lowest BCUT2D eigenvalue weighted by atomic mass is 10.1. The Bertz CT molecular complexity index is 867.